The Kier molecular flexibility index (Phi) is 4.39. The molecule has 0 aliphatic carbocycles. The third-order valence-corrected chi connectivity index (χ3v) is 2.88. The van der Waals surface area contributed by atoms with Gasteiger partial charge in [-0.05, 0) is 12.1 Å². The highest BCUT2D eigenvalue weighted by molar-refractivity contribution is 5.60. The van der Waals surface area contributed by atoms with Gasteiger partial charge in [0.2, 0.25) is 17.8 Å². The lowest BCUT2D eigenvalue weighted by Crippen LogP contribution is -2.21. The fourth-order valence-electron chi connectivity index (χ4n) is 1.70. The fraction of sp³-hybridized carbons (Fsp3) is 0.308. The molecule has 0 aliphatic heterocycles. The van der Waals surface area contributed by atoms with Gasteiger partial charge in [-0.1, -0.05) is 6.07 Å². The SMILES string of the molecule is COc1cccc(N(C)c2nc(NN)nc(N(C)C)n2)c1. The Bertz CT molecular complexity index is 617. The Morgan fingerprint density at radius 1 is 1.10 bits per heavy atom. The van der Waals surface area contributed by atoms with E-state index < -0.39 is 0 Å². The van der Waals surface area contributed by atoms with Gasteiger partial charge in [0.1, 0.15) is 5.75 Å². The van der Waals surface area contributed by atoms with Crippen LogP contribution in [0.3, 0.4) is 0 Å². The molecule has 0 saturated carbocycles. The molecule has 0 bridgehead atoms. The molecule has 1 heterocycles. The summed E-state index contributed by atoms with van der Waals surface area (Å²) in [5.41, 5.74) is 3.35. The highest BCUT2D eigenvalue weighted by Gasteiger charge is 2.13. The van der Waals surface area contributed by atoms with E-state index >= 15 is 0 Å². The van der Waals surface area contributed by atoms with E-state index in [9.17, 15) is 0 Å². The second-order valence-electron chi connectivity index (χ2n) is 4.56. The van der Waals surface area contributed by atoms with Crippen LogP contribution >= 0.6 is 0 Å². The Morgan fingerprint density at radius 3 is 2.43 bits per heavy atom. The average molecular weight is 289 g/mol. The largest absolute Gasteiger partial charge is 0.497 e. The van der Waals surface area contributed by atoms with E-state index in [0.29, 0.717) is 17.8 Å². The Labute approximate surface area is 123 Å². The molecule has 0 spiro atoms. The number of hydrogen-bond donors (Lipinski definition) is 2. The van der Waals surface area contributed by atoms with E-state index in [2.05, 4.69) is 20.4 Å². The lowest BCUT2D eigenvalue weighted by molar-refractivity contribution is 0.415. The van der Waals surface area contributed by atoms with Gasteiger partial charge in [-0.3, -0.25) is 5.43 Å². The monoisotopic (exact) mass is 289 g/mol. The summed E-state index contributed by atoms with van der Waals surface area (Å²) in [6.45, 7) is 0. The number of ether oxygens (including phenoxy) is 1. The van der Waals surface area contributed by atoms with Crippen molar-refractivity contribution in [2.45, 2.75) is 0 Å². The van der Waals surface area contributed by atoms with Crippen molar-refractivity contribution in [3.05, 3.63) is 24.3 Å². The summed E-state index contributed by atoms with van der Waals surface area (Å²) in [5, 5.41) is 0. The van der Waals surface area contributed by atoms with Gasteiger partial charge in [0, 0.05) is 32.9 Å². The number of nitrogens with two attached hydrogens (primary N) is 1. The smallest absolute Gasteiger partial charge is 0.243 e. The van der Waals surface area contributed by atoms with Gasteiger partial charge in [-0.15, -0.1) is 0 Å². The van der Waals surface area contributed by atoms with Crippen LogP contribution in [0, 0.1) is 0 Å². The highest BCUT2D eigenvalue weighted by atomic mass is 16.5. The van der Waals surface area contributed by atoms with Gasteiger partial charge in [0.25, 0.3) is 0 Å². The van der Waals surface area contributed by atoms with Crippen molar-refractivity contribution in [1.29, 1.82) is 0 Å². The van der Waals surface area contributed by atoms with Gasteiger partial charge >= 0.3 is 0 Å². The van der Waals surface area contributed by atoms with E-state index in [4.69, 9.17) is 10.6 Å². The van der Waals surface area contributed by atoms with Crippen molar-refractivity contribution in [2.24, 2.45) is 5.84 Å². The van der Waals surface area contributed by atoms with Crippen molar-refractivity contribution in [3.63, 3.8) is 0 Å². The van der Waals surface area contributed by atoms with Crippen molar-refractivity contribution in [1.82, 2.24) is 15.0 Å². The first-order valence-corrected chi connectivity index (χ1v) is 6.33. The first kappa shape index (κ1) is 14.8. The first-order valence-electron chi connectivity index (χ1n) is 6.33. The summed E-state index contributed by atoms with van der Waals surface area (Å²) < 4.78 is 5.23. The number of anilines is 4. The summed E-state index contributed by atoms with van der Waals surface area (Å²) in [7, 11) is 7.20. The summed E-state index contributed by atoms with van der Waals surface area (Å²) in [5.74, 6) is 7.48. The molecule has 112 valence electrons. The van der Waals surface area contributed by atoms with E-state index in [1.54, 1.807) is 12.0 Å². The predicted molar refractivity (Wildman–Crippen MR) is 83.0 cm³/mol. The van der Waals surface area contributed by atoms with Crippen LogP contribution in [0.1, 0.15) is 0 Å². The molecule has 0 aliphatic rings. The minimum absolute atomic E-state index is 0.304. The number of hydrogen-bond acceptors (Lipinski definition) is 8. The zero-order valence-electron chi connectivity index (χ0n) is 12.5. The van der Waals surface area contributed by atoms with E-state index in [0.717, 1.165) is 11.4 Å². The molecule has 0 saturated heterocycles. The molecule has 1 aromatic heterocycles. The van der Waals surface area contributed by atoms with E-state index in [1.165, 1.54) is 0 Å². The number of aromatic nitrogens is 3. The van der Waals surface area contributed by atoms with Crippen LogP contribution in [0.2, 0.25) is 0 Å². The van der Waals surface area contributed by atoms with Crippen LogP contribution in [-0.4, -0.2) is 43.2 Å². The molecular formula is C13H19N7O. The maximum Gasteiger partial charge on any atom is 0.243 e. The lowest BCUT2D eigenvalue weighted by Gasteiger charge is -2.20. The van der Waals surface area contributed by atoms with Gasteiger partial charge in [0.15, 0.2) is 0 Å². The number of rotatable bonds is 5. The maximum absolute atomic E-state index is 5.41. The second kappa shape index (κ2) is 6.23. The quantitative estimate of drug-likeness (QED) is 0.622. The molecule has 8 heteroatoms. The number of hydrazine groups is 1. The normalized spacial score (nSPS) is 10.1. The molecule has 8 nitrogen and oxygen atoms in total. The molecule has 0 atom stereocenters. The van der Waals surface area contributed by atoms with Crippen LogP contribution in [0.25, 0.3) is 0 Å². The summed E-state index contributed by atoms with van der Waals surface area (Å²) in [6, 6.07) is 7.62. The van der Waals surface area contributed by atoms with Gasteiger partial charge in [-0.2, -0.15) is 15.0 Å². The van der Waals surface area contributed by atoms with Gasteiger partial charge in [0.05, 0.1) is 7.11 Å². The summed E-state index contributed by atoms with van der Waals surface area (Å²) in [4.78, 5) is 16.5. The maximum atomic E-state index is 5.41. The summed E-state index contributed by atoms with van der Waals surface area (Å²) in [6.07, 6.45) is 0. The zero-order chi connectivity index (χ0) is 15.4. The van der Waals surface area contributed by atoms with Gasteiger partial charge in [-0.25, -0.2) is 5.84 Å². The van der Waals surface area contributed by atoms with Crippen LogP contribution in [0.15, 0.2) is 24.3 Å². The zero-order valence-corrected chi connectivity index (χ0v) is 12.5. The Hall–Kier alpha value is -2.61. The molecule has 3 N–H and O–H groups in total. The minimum Gasteiger partial charge on any atom is -0.497 e. The van der Waals surface area contributed by atoms with Crippen LogP contribution < -0.4 is 25.8 Å². The van der Waals surface area contributed by atoms with Crippen LogP contribution in [0.5, 0.6) is 5.75 Å². The standard InChI is InChI=1S/C13H19N7O/c1-19(2)12-15-11(18-14)16-13(17-12)20(3)9-6-5-7-10(8-9)21-4/h5-8H,14H2,1-4H3,(H,15,16,17,18). The Balaban J connectivity index is 2.41. The average Bonchev–Trinajstić information content (AvgIpc) is 2.53. The second-order valence-corrected chi connectivity index (χ2v) is 4.56. The van der Waals surface area contributed by atoms with Crippen LogP contribution in [0.4, 0.5) is 23.5 Å². The van der Waals surface area contributed by atoms with Crippen molar-refractivity contribution in [3.8, 4) is 5.75 Å². The van der Waals surface area contributed by atoms with Crippen molar-refractivity contribution in [2.75, 3.05) is 43.5 Å². The van der Waals surface area contributed by atoms with Crippen LogP contribution in [-0.2, 0) is 0 Å². The topological polar surface area (TPSA) is 92.4 Å². The molecule has 21 heavy (non-hydrogen) atoms. The minimum atomic E-state index is 0.304. The number of benzene rings is 1. The van der Waals surface area contributed by atoms with Crippen molar-refractivity contribution < 1.29 is 4.74 Å². The van der Waals surface area contributed by atoms with E-state index in [-0.39, 0.29) is 0 Å². The van der Waals surface area contributed by atoms with Gasteiger partial charge < -0.3 is 14.5 Å². The number of nitrogens with one attached hydrogen (secondary N) is 1. The first-order chi connectivity index (χ1) is 10.0. The third-order valence-electron chi connectivity index (χ3n) is 2.88. The number of methoxy groups -OCH3 is 1. The molecular weight excluding hydrogens is 270 g/mol. The van der Waals surface area contributed by atoms with Crippen molar-refractivity contribution >= 4 is 23.5 Å². The summed E-state index contributed by atoms with van der Waals surface area (Å²) >= 11 is 0. The highest BCUT2D eigenvalue weighted by Crippen LogP contribution is 2.25. The molecule has 0 unspecified atom stereocenters. The molecule has 0 radical (unpaired) electrons. The number of nitrogens with zero attached hydrogens (tertiary/aromatic N) is 5. The third kappa shape index (κ3) is 3.29. The predicted octanol–water partition coefficient (Wildman–Crippen LogP) is 1.000. The molecule has 0 fully saturated rings. The molecule has 2 rings (SSSR count). The van der Waals surface area contributed by atoms with E-state index in [1.807, 2.05) is 50.3 Å². The molecule has 2 aromatic rings. The Morgan fingerprint density at radius 2 is 1.81 bits per heavy atom. The fourth-order valence-corrected chi connectivity index (χ4v) is 1.70. The molecule has 0 amide bonds. The number of nitrogen functional groups attached to an aromatic ring is 1. The molecule has 1 aromatic carbocycles. The lowest BCUT2D eigenvalue weighted by atomic mass is 10.3.